The Morgan fingerprint density at radius 3 is 1.87 bits per heavy atom. The number of nitrogens with one attached hydrogen (secondary N) is 2. The van der Waals surface area contributed by atoms with Crippen molar-refractivity contribution in [2.24, 2.45) is 0 Å². The molecule has 0 unspecified atom stereocenters. The molecule has 1 heterocycles. The van der Waals surface area contributed by atoms with E-state index in [0.29, 0.717) is 5.69 Å². The van der Waals surface area contributed by atoms with Crippen LogP contribution in [-0.2, 0) is 9.53 Å². The van der Waals surface area contributed by atoms with E-state index in [0.717, 1.165) is 17.3 Å². The van der Waals surface area contributed by atoms with Gasteiger partial charge < -0.3 is 25.3 Å². The Morgan fingerprint density at radius 1 is 0.783 bits per heavy atom. The predicted octanol–water partition coefficient (Wildman–Crippen LogP) is 7.36. The summed E-state index contributed by atoms with van der Waals surface area (Å²) in [6, 6.07) is 33.3. The number of carbonyl (C=O) groups excluding carboxylic acids is 2. The molecule has 46 heavy (non-hydrogen) atoms. The number of piperazine rings is 1. The van der Waals surface area contributed by atoms with Crippen LogP contribution in [0.4, 0.5) is 18.9 Å². The second-order valence-corrected chi connectivity index (χ2v) is 11.5. The number of halogens is 3. The fraction of sp³-hybridized carbons (Fsp3) is 0.171. The van der Waals surface area contributed by atoms with Crippen molar-refractivity contribution < 1.29 is 27.5 Å². The molecular weight excluding hydrogens is 613 g/mol. The number of anilines is 1. The molecule has 1 aliphatic heterocycles. The van der Waals surface area contributed by atoms with E-state index in [1.54, 1.807) is 34.1 Å². The van der Waals surface area contributed by atoms with Crippen LogP contribution in [0.15, 0.2) is 132 Å². The van der Waals surface area contributed by atoms with Gasteiger partial charge in [-0.1, -0.05) is 84.9 Å². The Morgan fingerprint density at radius 2 is 1.33 bits per heavy atom. The van der Waals surface area contributed by atoms with E-state index in [1.165, 1.54) is 24.3 Å². The molecule has 2 amide bonds. The van der Waals surface area contributed by atoms with Crippen LogP contribution in [-0.4, -0.2) is 59.5 Å². The summed E-state index contributed by atoms with van der Waals surface area (Å²) in [5.41, 5.74) is -1.90. The van der Waals surface area contributed by atoms with Crippen LogP contribution in [0.1, 0.15) is 27.6 Å². The molecule has 0 aromatic heterocycles. The summed E-state index contributed by atoms with van der Waals surface area (Å²) in [6.45, 7) is 0.975. The number of rotatable bonds is 10. The van der Waals surface area contributed by atoms with Crippen molar-refractivity contribution in [2.45, 2.75) is 16.5 Å². The predicted molar refractivity (Wildman–Crippen MR) is 173 cm³/mol. The van der Waals surface area contributed by atoms with Crippen molar-refractivity contribution >= 4 is 35.5 Å². The lowest BCUT2D eigenvalue weighted by molar-refractivity contribution is -0.117. The summed E-state index contributed by atoms with van der Waals surface area (Å²) < 4.78 is 45.3. The van der Waals surface area contributed by atoms with Gasteiger partial charge in [-0.2, -0.15) is 13.2 Å². The lowest BCUT2D eigenvalue weighted by Gasteiger charge is -2.37. The zero-order chi connectivity index (χ0) is 32.5. The largest absolute Gasteiger partial charge is 0.473 e. The zero-order valence-corrected chi connectivity index (χ0v) is 25.4. The molecule has 5 rings (SSSR count). The van der Waals surface area contributed by atoms with Crippen LogP contribution >= 0.6 is 11.8 Å². The van der Waals surface area contributed by atoms with Gasteiger partial charge in [-0.3, -0.25) is 9.59 Å². The number of amides is 2. The number of thioether (sulfide) groups is 1. The minimum absolute atomic E-state index is 0.0618. The molecule has 1 aliphatic rings. The molecule has 0 aliphatic carbocycles. The Balaban J connectivity index is 1.42. The van der Waals surface area contributed by atoms with E-state index >= 15 is 0 Å². The fourth-order valence-corrected chi connectivity index (χ4v) is 5.70. The first-order valence-electron chi connectivity index (χ1n) is 14.5. The number of alkyl halides is 3. The summed E-state index contributed by atoms with van der Waals surface area (Å²) in [5, 5.41) is 11.2. The molecule has 236 valence electrons. The van der Waals surface area contributed by atoms with E-state index in [9.17, 15) is 22.8 Å². The topological polar surface area (TPSA) is 85.7 Å². The number of nitrogens with zero attached hydrogens (tertiary/aromatic N) is 2. The molecule has 1 saturated heterocycles. The maximum Gasteiger partial charge on any atom is 0.446 e. The van der Waals surface area contributed by atoms with Gasteiger partial charge in [-0.15, -0.1) is 0 Å². The molecule has 1 fully saturated rings. The summed E-state index contributed by atoms with van der Waals surface area (Å²) in [4.78, 5) is 30.4. The highest BCUT2D eigenvalue weighted by Gasteiger charge is 2.31. The summed E-state index contributed by atoms with van der Waals surface area (Å²) in [7, 11) is 0. The third-order valence-corrected chi connectivity index (χ3v) is 7.99. The number of allylic oxidation sites excluding steroid dienone is 1. The van der Waals surface area contributed by atoms with E-state index in [2.05, 4.69) is 5.32 Å². The van der Waals surface area contributed by atoms with Crippen LogP contribution in [0.2, 0.25) is 0 Å². The van der Waals surface area contributed by atoms with Crippen LogP contribution in [0.5, 0.6) is 0 Å². The van der Waals surface area contributed by atoms with Gasteiger partial charge in [0.15, 0.2) is 0 Å². The highest BCUT2D eigenvalue weighted by atomic mass is 32.2. The van der Waals surface area contributed by atoms with Gasteiger partial charge in [-0.25, -0.2) is 0 Å². The number of ether oxygens (including phenoxy) is 1. The molecule has 0 saturated carbocycles. The van der Waals surface area contributed by atoms with Gasteiger partial charge in [0, 0.05) is 48.5 Å². The lowest BCUT2D eigenvalue weighted by Crippen LogP contribution is -2.49. The van der Waals surface area contributed by atoms with Gasteiger partial charge in [0.25, 0.3) is 11.8 Å². The molecule has 0 atom stereocenters. The molecule has 7 nitrogen and oxygen atoms in total. The smallest absolute Gasteiger partial charge is 0.446 e. The monoisotopic (exact) mass is 644 g/mol. The fourth-order valence-electron chi connectivity index (χ4n) is 5.10. The Kier molecular flexibility index (Phi) is 10.4. The first-order valence-corrected chi connectivity index (χ1v) is 15.3. The minimum atomic E-state index is -4.46. The van der Waals surface area contributed by atoms with Gasteiger partial charge in [0.2, 0.25) is 5.76 Å². The van der Waals surface area contributed by atoms with Crippen molar-refractivity contribution in [1.29, 1.82) is 5.41 Å². The van der Waals surface area contributed by atoms with Crippen molar-refractivity contribution in [3.63, 3.8) is 0 Å². The molecule has 0 spiro atoms. The minimum Gasteiger partial charge on any atom is -0.473 e. The van der Waals surface area contributed by atoms with Crippen molar-refractivity contribution in [3.8, 4) is 0 Å². The van der Waals surface area contributed by atoms with Gasteiger partial charge in [0.05, 0.1) is 0 Å². The number of para-hydroxylation sites is 1. The van der Waals surface area contributed by atoms with Crippen LogP contribution in [0.25, 0.3) is 0 Å². The average molecular weight is 645 g/mol. The summed E-state index contributed by atoms with van der Waals surface area (Å²) in [5.74, 6) is -0.997. The van der Waals surface area contributed by atoms with E-state index in [4.69, 9.17) is 10.1 Å². The second kappa shape index (κ2) is 14.8. The third-order valence-electron chi connectivity index (χ3n) is 7.27. The van der Waals surface area contributed by atoms with Gasteiger partial charge >= 0.3 is 5.51 Å². The highest BCUT2D eigenvalue weighted by molar-refractivity contribution is 8.00. The SMILES string of the molecule is N=C/C(=C(/OC(c1ccccc1)c1ccccc1)C(=O)Nc1ccccc1)N1CCN(C(=O)c2cccc(SC(F)(F)F)c2)CC1. The van der Waals surface area contributed by atoms with Crippen LogP contribution < -0.4 is 5.32 Å². The summed E-state index contributed by atoms with van der Waals surface area (Å²) >= 11 is -0.268. The second-order valence-electron chi connectivity index (χ2n) is 10.4. The Bertz CT molecular complexity index is 1640. The molecule has 0 bridgehead atoms. The average Bonchev–Trinajstić information content (AvgIpc) is 3.07. The molecular formula is C35H31F3N4O3S. The van der Waals surface area contributed by atoms with Gasteiger partial charge in [0.1, 0.15) is 11.8 Å². The quantitative estimate of drug-likeness (QED) is 0.0816. The van der Waals surface area contributed by atoms with Crippen molar-refractivity contribution in [3.05, 3.63) is 143 Å². The van der Waals surface area contributed by atoms with E-state index < -0.39 is 23.4 Å². The third kappa shape index (κ3) is 8.36. The first-order chi connectivity index (χ1) is 22.2. The first kappa shape index (κ1) is 32.4. The zero-order valence-electron chi connectivity index (χ0n) is 24.6. The maximum atomic E-state index is 13.9. The summed E-state index contributed by atoms with van der Waals surface area (Å²) in [6.07, 6.45) is 0.404. The lowest BCUT2D eigenvalue weighted by atomic mass is 10.0. The standard InChI is InChI=1S/C35H31F3N4O3S/c36-35(37,38)46-29-18-10-15-27(23-29)34(44)42-21-19-41(20-22-42)30(24-39)32(33(43)40-28-16-8-3-9-17-28)45-31(25-11-4-1-5-12-25)26-13-6-2-7-14-26/h1-18,23-24,31,39H,19-22H2,(H,40,43)/b32-30-,39-24?. The molecule has 4 aromatic carbocycles. The van der Waals surface area contributed by atoms with E-state index in [1.807, 2.05) is 66.7 Å². The number of hydrogen-bond acceptors (Lipinski definition) is 6. The Labute approximate surface area is 269 Å². The van der Waals surface area contributed by atoms with Gasteiger partial charge in [-0.05, 0) is 53.2 Å². The number of benzene rings is 4. The van der Waals surface area contributed by atoms with Crippen molar-refractivity contribution in [1.82, 2.24) is 9.80 Å². The highest BCUT2D eigenvalue weighted by Crippen LogP contribution is 2.37. The number of hydrogen-bond donors (Lipinski definition) is 2. The van der Waals surface area contributed by atoms with Crippen LogP contribution in [0.3, 0.4) is 0 Å². The molecule has 0 radical (unpaired) electrons. The van der Waals surface area contributed by atoms with Crippen LogP contribution in [0, 0.1) is 5.41 Å². The Hall–Kier alpha value is -5.03. The molecule has 11 heteroatoms. The molecule has 2 N–H and O–H groups in total. The normalized spacial score (nSPS) is 14.0. The van der Waals surface area contributed by atoms with Crippen molar-refractivity contribution in [2.75, 3.05) is 31.5 Å². The number of carbonyl (C=O) groups is 2. The maximum absolute atomic E-state index is 13.9. The van der Waals surface area contributed by atoms with E-state index in [-0.39, 0.29) is 59.9 Å². The molecule has 4 aromatic rings.